The number of benzene rings is 2. The fourth-order valence-corrected chi connectivity index (χ4v) is 1.71. The van der Waals surface area contributed by atoms with Crippen LogP contribution in [0.5, 0.6) is 0 Å². The Morgan fingerprint density at radius 2 is 1.62 bits per heavy atom. The molecule has 0 unspecified atom stereocenters. The largest absolute Gasteiger partial charge is 0.326 e. The lowest BCUT2D eigenvalue weighted by atomic mass is 10.2. The average Bonchev–Trinajstić information content (AvgIpc) is 2.47. The minimum atomic E-state index is -0.577. The molecule has 0 aromatic heterocycles. The first kappa shape index (κ1) is 14.8. The highest BCUT2D eigenvalue weighted by atomic mass is 35.5. The molecular weight excluding hydrogens is 288 g/mol. The molecule has 2 aromatic rings. The van der Waals surface area contributed by atoms with Crippen molar-refractivity contribution < 1.29 is 9.59 Å². The minimum absolute atomic E-state index is 0.501. The molecular formula is C16H13ClN2O2. The van der Waals surface area contributed by atoms with Crippen molar-refractivity contribution in [2.75, 3.05) is 5.32 Å². The van der Waals surface area contributed by atoms with Gasteiger partial charge in [-0.3, -0.25) is 10.1 Å². The molecule has 0 atom stereocenters. The summed E-state index contributed by atoms with van der Waals surface area (Å²) in [4.78, 5) is 23.2. The fraction of sp³-hybridized carbons (Fsp3) is 0. The van der Waals surface area contributed by atoms with Crippen LogP contribution >= 0.6 is 11.6 Å². The van der Waals surface area contributed by atoms with Gasteiger partial charge in [-0.2, -0.15) is 0 Å². The Kier molecular flexibility index (Phi) is 5.12. The van der Waals surface area contributed by atoms with E-state index in [1.54, 1.807) is 54.6 Å². The zero-order valence-electron chi connectivity index (χ0n) is 11.0. The molecule has 0 saturated heterocycles. The molecule has 106 valence electrons. The molecule has 2 rings (SSSR count). The van der Waals surface area contributed by atoms with Crippen molar-refractivity contribution in [2.24, 2.45) is 0 Å². The normalized spacial score (nSPS) is 10.3. The summed E-state index contributed by atoms with van der Waals surface area (Å²) in [5, 5.41) is 5.39. The molecule has 21 heavy (non-hydrogen) atoms. The van der Waals surface area contributed by atoms with Gasteiger partial charge in [0, 0.05) is 16.8 Å². The third-order valence-corrected chi connectivity index (χ3v) is 2.82. The summed E-state index contributed by atoms with van der Waals surface area (Å²) in [6.07, 6.45) is 2.88. The molecule has 0 aliphatic heterocycles. The molecule has 0 heterocycles. The highest BCUT2D eigenvalue weighted by Crippen LogP contribution is 2.10. The van der Waals surface area contributed by atoms with Gasteiger partial charge in [-0.25, -0.2) is 4.79 Å². The van der Waals surface area contributed by atoms with Crippen molar-refractivity contribution in [3.05, 3.63) is 71.3 Å². The number of halogens is 1. The number of amides is 3. The monoisotopic (exact) mass is 300 g/mol. The molecule has 0 aliphatic rings. The first-order valence-electron chi connectivity index (χ1n) is 6.24. The smallest absolute Gasteiger partial charge is 0.308 e. The maximum Gasteiger partial charge on any atom is 0.326 e. The SMILES string of the molecule is O=C(/C=C/c1ccc(Cl)cc1)NC(=O)Nc1ccccc1. The molecule has 0 fully saturated rings. The van der Waals surface area contributed by atoms with E-state index in [2.05, 4.69) is 10.6 Å². The van der Waals surface area contributed by atoms with Crippen LogP contribution in [0.15, 0.2) is 60.7 Å². The van der Waals surface area contributed by atoms with Gasteiger partial charge in [0.15, 0.2) is 0 Å². The number of hydrogen-bond acceptors (Lipinski definition) is 2. The van der Waals surface area contributed by atoms with Crippen LogP contribution in [-0.2, 0) is 4.79 Å². The summed E-state index contributed by atoms with van der Waals surface area (Å²) in [6, 6.07) is 15.3. The van der Waals surface area contributed by atoms with Crippen LogP contribution < -0.4 is 10.6 Å². The second-order valence-electron chi connectivity index (χ2n) is 4.19. The molecule has 0 saturated carbocycles. The molecule has 2 N–H and O–H groups in total. The van der Waals surface area contributed by atoms with E-state index in [9.17, 15) is 9.59 Å². The van der Waals surface area contributed by atoms with Gasteiger partial charge in [-0.1, -0.05) is 41.9 Å². The van der Waals surface area contributed by atoms with Crippen molar-refractivity contribution in [3.8, 4) is 0 Å². The van der Waals surface area contributed by atoms with Crippen LogP contribution in [0.25, 0.3) is 6.08 Å². The fourth-order valence-electron chi connectivity index (χ4n) is 1.58. The number of urea groups is 1. The van der Waals surface area contributed by atoms with E-state index in [0.29, 0.717) is 10.7 Å². The second kappa shape index (κ2) is 7.26. The quantitative estimate of drug-likeness (QED) is 0.849. The first-order valence-corrected chi connectivity index (χ1v) is 6.62. The van der Waals surface area contributed by atoms with E-state index in [1.165, 1.54) is 6.08 Å². The Labute approximate surface area is 127 Å². The molecule has 2 aromatic carbocycles. The molecule has 0 spiro atoms. The van der Waals surface area contributed by atoms with E-state index in [1.807, 2.05) is 6.07 Å². The summed E-state index contributed by atoms with van der Waals surface area (Å²) in [6.45, 7) is 0. The molecule has 0 aliphatic carbocycles. The molecule has 0 radical (unpaired) electrons. The Hall–Kier alpha value is -2.59. The number of anilines is 1. The Balaban J connectivity index is 1.86. The van der Waals surface area contributed by atoms with Gasteiger partial charge < -0.3 is 5.32 Å². The zero-order chi connectivity index (χ0) is 15.1. The van der Waals surface area contributed by atoms with E-state index < -0.39 is 11.9 Å². The highest BCUT2D eigenvalue weighted by Gasteiger charge is 2.04. The van der Waals surface area contributed by atoms with Crippen molar-refractivity contribution in [1.82, 2.24) is 5.32 Å². The summed E-state index contributed by atoms with van der Waals surface area (Å²) in [7, 11) is 0. The van der Waals surface area contributed by atoms with Gasteiger partial charge in [0.05, 0.1) is 0 Å². The molecule has 0 bridgehead atoms. The number of imide groups is 1. The number of hydrogen-bond donors (Lipinski definition) is 2. The van der Waals surface area contributed by atoms with E-state index >= 15 is 0 Å². The summed E-state index contributed by atoms with van der Waals surface area (Å²) >= 11 is 5.76. The van der Waals surface area contributed by atoms with E-state index in [4.69, 9.17) is 11.6 Å². The van der Waals surface area contributed by atoms with E-state index in [-0.39, 0.29) is 0 Å². The lowest BCUT2D eigenvalue weighted by molar-refractivity contribution is -0.115. The number of para-hydroxylation sites is 1. The number of rotatable bonds is 3. The highest BCUT2D eigenvalue weighted by molar-refractivity contribution is 6.30. The van der Waals surface area contributed by atoms with Crippen molar-refractivity contribution >= 4 is 35.3 Å². The van der Waals surface area contributed by atoms with Gasteiger partial charge in [0.25, 0.3) is 5.91 Å². The van der Waals surface area contributed by atoms with Crippen LogP contribution in [-0.4, -0.2) is 11.9 Å². The van der Waals surface area contributed by atoms with Gasteiger partial charge in [-0.15, -0.1) is 0 Å². The number of carbonyl (C=O) groups excluding carboxylic acids is 2. The van der Waals surface area contributed by atoms with Crippen molar-refractivity contribution in [3.63, 3.8) is 0 Å². The predicted molar refractivity (Wildman–Crippen MR) is 84.1 cm³/mol. The van der Waals surface area contributed by atoms with Crippen LogP contribution in [0.2, 0.25) is 5.02 Å². The topological polar surface area (TPSA) is 58.2 Å². The van der Waals surface area contributed by atoms with Gasteiger partial charge in [0.2, 0.25) is 0 Å². The summed E-state index contributed by atoms with van der Waals surface area (Å²) < 4.78 is 0. The Morgan fingerprint density at radius 1 is 0.952 bits per heavy atom. The lowest BCUT2D eigenvalue weighted by Gasteiger charge is -2.04. The van der Waals surface area contributed by atoms with Crippen LogP contribution in [0, 0.1) is 0 Å². The standard InChI is InChI=1S/C16H13ClN2O2/c17-13-9-6-12(7-10-13)8-11-15(20)19-16(21)18-14-4-2-1-3-5-14/h1-11H,(H2,18,19,20,21)/b11-8+. The Morgan fingerprint density at radius 3 is 2.29 bits per heavy atom. The predicted octanol–water partition coefficient (Wildman–Crippen LogP) is 3.70. The summed E-state index contributed by atoms with van der Waals surface area (Å²) in [5.41, 5.74) is 1.43. The average molecular weight is 301 g/mol. The number of carbonyl (C=O) groups is 2. The maximum atomic E-state index is 11.6. The summed E-state index contributed by atoms with van der Waals surface area (Å²) in [5.74, 6) is -0.501. The molecule has 4 nitrogen and oxygen atoms in total. The van der Waals surface area contributed by atoms with Crippen LogP contribution in [0.3, 0.4) is 0 Å². The van der Waals surface area contributed by atoms with Crippen LogP contribution in [0.4, 0.5) is 10.5 Å². The van der Waals surface area contributed by atoms with Crippen molar-refractivity contribution in [1.29, 1.82) is 0 Å². The van der Waals surface area contributed by atoms with Crippen molar-refractivity contribution in [2.45, 2.75) is 0 Å². The maximum absolute atomic E-state index is 11.6. The number of nitrogens with one attached hydrogen (secondary N) is 2. The lowest BCUT2D eigenvalue weighted by Crippen LogP contribution is -2.33. The second-order valence-corrected chi connectivity index (χ2v) is 4.63. The molecule has 5 heteroatoms. The third-order valence-electron chi connectivity index (χ3n) is 2.57. The minimum Gasteiger partial charge on any atom is -0.308 e. The van der Waals surface area contributed by atoms with Gasteiger partial charge in [0.1, 0.15) is 0 Å². The third kappa shape index (κ3) is 5.12. The first-order chi connectivity index (χ1) is 10.1. The zero-order valence-corrected chi connectivity index (χ0v) is 11.8. The molecule has 3 amide bonds. The van der Waals surface area contributed by atoms with Gasteiger partial charge >= 0.3 is 6.03 Å². The van der Waals surface area contributed by atoms with Gasteiger partial charge in [-0.05, 0) is 35.9 Å². The van der Waals surface area contributed by atoms with Crippen LogP contribution in [0.1, 0.15) is 5.56 Å². The van der Waals surface area contributed by atoms with E-state index in [0.717, 1.165) is 5.56 Å². The Bertz CT molecular complexity index is 652.